The zero-order valence-corrected chi connectivity index (χ0v) is 71.1. The highest BCUT2D eigenvalue weighted by molar-refractivity contribution is 6.07. The third-order valence-corrected chi connectivity index (χ3v) is 21.4. The summed E-state index contributed by atoms with van der Waals surface area (Å²) in [7, 11) is 20.9. The van der Waals surface area contributed by atoms with Crippen molar-refractivity contribution in [3.63, 3.8) is 0 Å². The molecule has 122 heavy (non-hydrogen) atoms. The smallest absolute Gasteiger partial charge is 0.351 e. The highest BCUT2D eigenvalue weighted by atomic mass is 16.2. The van der Waals surface area contributed by atoms with Crippen molar-refractivity contribution in [2.75, 3.05) is 62.0 Å². The van der Waals surface area contributed by atoms with Crippen LogP contribution in [-0.4, -0.2) is 201 Å². The molecule has 9 aromatic heterocycles. The average molecular weight is 1670 g/mol. The molecule has 0 aliphatic carbocycles. The second-order valence-electron chi connectivity index (χ2n) is 32.2. The van der Waals surface area contributed by atoms with E-state index in [-0.39, 0.29) is 169 Å². The molecular weight excluding hydrogens is 1570 g/mol. The Kier molecular flexibility index (Phi) is 28.3. The maximum absolute atomic E-state index is 13.9. The molecule has 0 radical (unpaired) electrons. The van der Waals surface area contributed by atoms with Crippen molar-refractivity contribution < 1.29 is 81.0 Å². The first-order valence-electron chi connectivity index (χ1n) is 40.3. The highest BCUT2D eigenvalue weighted by Crippen LogP contribution is 2.33. The molecule has 0 saturated carbocycles. The Morgan fingerprint density at radius 3 is 1.30 bits per heavy atom. The van der Waals surface area contributed by atoms with Gasteiger partial charge in [0.1, 0.15) is 40.1 Å². The Balaban J connectivity index is 0.555. The number of unbranched alkanes of at least 4 members (excludes halogenated alkanes) is 1. The van der Waals surface area contributed by atoms with E-state index in [1.54, 1.807) is 200 Å². The number of aromatic nitrogens is 10. The van der Waals surface area contributed by atoms with E-state index in [9.17, 15) is 71.9 Å². The lowest BCUT2D eigenvalue weighted by Crippen LogP contribution is -2.64. The Hall–Kier alpha value is -13.6. The fourth-order valence-corrected chi connectivity index (χ4v) is 15.4. The van der Waals surface area contributed by atoms with Gasteiger partial charge < -0.3 is 77.9 Å². The van der Waals surface area contributed by atoms with Crippen molar-refractivity contribution in [2.24, 2.45) is 63.4 Å². The van der Waals surface area contributed by atoms with Gasteiger partial charge in [-0.15, -0.1) is 4.58 Å². The van der Waals surface area contributed by atoms with Crippen LogP contribution in [0.5, 0.6) is 0 Å². The van der Waals surface area contributed by atoms with Crippen LogP contribution in [0.3, 0.4) is 0 Å². The van der Waals surface area contributed by atoms with Gasteiger partial charge in [0, 0.05) is 210 Å². The number of carbonyl (C=O) groups excluding carboxylic acids is 15. The molecule has 12 rings (SSSR count). The topological polar surface area (TPSA) is 404 Å². The molecule has 2 unspecified atom stereocenters. The van der Waals surface area contributed by atoms with E-state index in [4.69, 9.17) is 0 Å². The SMILES string of the molecule is CC(=O)Nc1cc(C(=O)Nc2cc(C(=O)NCCC(=O)Nc3cc(C(=O)NC4=C[N+]5(C)C=[N+]4C5C(=O)Nc4cc(C(=O)NCCCC(=O)Cc5cc(C(=O)Cc6cc(C(=O)Cc7cc(C(=O)CCCC(=O)Cc8cn(C)c(C(=O)Cc9cc(C(=O)CCCC(=O)CCCCN(C)C)n(C)c9)n8)n(C)c7)n(C)c6)n(C)c5)n(C)c4)n(C)c3)n(C)c2)n(C)c1. The third-order valence-electron chi connectivity index (χ3n) is 21.4. The van der Waals surface area contributed by atoms with Crippen molar-refractivity contribution in [2.45, 2.75) is 122 Å². The normalized spacial score (nSPS) is 13.9. The van der Waals surface area contributed by atoms with Gasteiger partial charge in [0.2, 0.25) is 17.6 Å². The molecule has 0 fully saturated rings. The van der Waals surface area contributed by atoms with E-state index in [1.807, 2.05) is 14.1 Å². The molecule has 9 aromatic rings. The molecular formula is C87H106N20O15+2. The van der Waals surface area contributed by atoms with Crippen LogP contribution in [0.1, 0.15) is 206 Å². The molecule has 0 saturated heterocycles. The maximum Gasteiger partial charge on any atom is 0.355 e. The van der Waals surface area contributed by atoms with Crippen molar-refractivity contribution in [3.05, 3.63) is 196 Å². The lowest BCUT2D eigenvalue weighted by atomic mass is 10.0. The summed E-state index contributed by atoms with van der Waals surface area (Å²) in [5, 5.41) is 19.4. The van der Waals surface area contributed by atoms with E-state index in [2.05, 4.69) is 47.1 Å². The van der Waals surface area contributed by atoms with Gasteiger partial charge in [-0.1, -0.05) is 0 Å². The molecule has 0 spiro atoms. The summed E-state index contributed by atoms with van der Waals surface area (Å²) in [6.45, 7) is 2.43. The van der Waals surface area contributed by atoms with Crippen LogP contribution < -0.4 is 37.2 Å². The van der Waals surface area contributed by atoms with Gasteiger partial charge in [-0.25, -0.2) is 9.78 Å². The van der Waals surface area contributed by atoms with Crippen molar-refractivity contribution >= 4 is 117 Å². The molecule has 7 N–H and O–H groups in total. The lowest BCUT2D eigenvalue weighted by Gasteiger charge is -2.31. The first kappa shape index (κ1) is 89.2. The summed E-state index contributed by atoms with van der Waals surface area (Å²) in [5.74, 6) is -3.65. The molecule has 642 valence electrons. The van der Waals surface area contributed by atoms with Crippen LogP contribution in [0, 0.1) is 0 Å². The molecule has 2 bridgehead atoms. The van der Waals surface area contributed by atoms with Gasteiger partial charge >= 0.3 is 23.8 Å². The van der Waals surface area contributed by atoms with Gasteiger partial charge in [-0.05, 0) is 124 Å². The van der Waals surface area contributed by atoms with Crippen molar-refractivity contribution in [3.8, 4) is 0 Å². The van der Waals surface area contributed by atoms with Gasteiger partial charge in [-0.2, -0.15) is 9.80 Å². The molecule has 7 amide bonds. The first-order valence-corrected chi connectivity index (χ1v) is 40.3. The molecule has 2 atom stereocenters. The van der Waals surface area contributed by atoms with Crippen LogP contribution in [-0.2, 0) is 124 Å². The number of imidazole rings is 1. The number of nitrogens with one attached hydrogen (secondary N) is 7. The van der Waals surface area contributed by atoms with Gasteiger partial charge in [-0.3, -0.25) is 67.1 Å². The fourth-order valence-electron chi connectivity index (χ4n) is 15.4. The van der Waals surface area contributed by atoms with Gasteiger partial charge in [0.25, 0.3) is 24.1 Å². The average Bonchev–Trinajstić information content (AvgIpc) is 1.55. The number of hydrogen-bond acceptors (Lipinski definition) is 17. The molecule has 12 heterocycles. The Morgan fingerprint density at radius 1 is 0.385 bits per heavy atom. The summed E-state index contributed by atoms with van der Waals surface area (Å²) in [4.78, 5) is 205. The Morgan fingerprint density at radius 2 is 0.795 bits per heavy atom. The summed E-state index contributed by atoms with van der Waals surface area (Å²) < 4.78 is 16.1. The summed E-state index contributed by atoms with van der Waals surface area (Å²) >= 11 is 0. The number of ketones is 8. The molecule has 35 heteroatoms. The Bertz CT molecular complexity index is 5720. The minimum atomic E-state index is -0.796. The van der Waals surface area contributed by atoms with E-state index < -0.39 is 41.6 Å². The molecule has 0 aromatic carbocycles. The maximum atomic E-state index is 13.9. The largest absolute Gasteiger partial charge is 0.355 e. The van der Waals surface area contributed by atoms with E-state index in [0.29, 0.717) is 105 Å². The monoisotopic (exact) mass is 1670 g/mol. The number of Topliss-reactive ketones (excluding diaryl/α,β-unsaturated/α-hetero) is 8. The number of amides is 7. The predicted octanol–water partition coefficient (Wildman–Crippen LogP) is 6.52. The van der Waals surface area contributed by atoms with Crippen LogP contribution >= 0.6 is 0 Å². The van der Waals surface area contributed by atoms with Crippen LogP contribution in [0.15, 0.2) is 116 Å². The van der Waals surface area contributed by atoms with E-state index >= 15 is 0 Å². The molecule has 35 nitrogen and oxygen atoms in total. The minimum Gasteiger partial charge on any atom is -0.351 e. The van der Waals surface area contributed by atoms with Gasteiger partial charge in [0.15, 0.2) is 35.2 Å². The number of carbonyl (C=O) groups is 15. The number of rotatable bonds is 45. The number of quaternary nitrogens is 1. The molecule has 3 aliphatic heterocycles. The zero-order valence-electron chi connectivity index (χ0n) is 71.1. The van der Waals surface area contributed by atoms with Crippen LogP contribution in [0.25, 0.3) is 0 Å². The predicted molar refractivity (Wildman–Crippen MR) is 452 cm³/mol. The number of aryl methyl sites for hydroxylation is 9. The second kappa shape index (κ2) is 38.7. The van der Waals surface area contributed by atoms with Gasteiger partial charge in [0.05, 0.1) is 64.7 Å². The summed E-state index contributed by atoms with van der Waals surface area (Å²) in [6, 6.07) is 12.8. The van der Waals surface area contributed by atoms with E-state index in [1.165, 1.54) is 40.3 Å². The number of likely N-dealkylation sites (N-methyl/N-ethyl adjacent to an activating group) is 1. The number of anilines is 4. The zero-order chi connectivity index (χ0) is 88.3. The second-order valence-corrected chi connectivity index (χ2v) is 32.2. The number of nitrogens with zero attached hydrogens (tertiary/aromatic N) is 13. The highest BCUT2D eigenvalue weighted by Gasteiger charge is 2.62. The number of hydrogen-bond donors (Lipinski definition) is 7. The quantitative estimate of drug-likeness (QED) is 0.00923. The standard InChI is InChI=1S/C87H104N20O15/c1-53(108)90-59-38-72(103(10)46-59)84(120)93-61-40-71(101(8)48-61)83(119)89-27-25-80(117)91-60-39-73(104(11)47-60)85(121)95-79-51-107(13)52-106(79)87(107)86(122)94-62-41-70(102(9)49-62)82(118)88-26-18-22-64(110)29-54-30-68(99(6)42-54)76(114)35-56-33-69(100(7)44-56)77(115)34-55-31-66(97(4)43-55)75(113)24-17-21-65(111)37-58-50-105(12)81(92-58)78(116)36-57-32-67(98(5)45-57)74(112)23-16-20-63(109)19-14-15-28-96(2)3/h30-33,38-52,87H,14-29,34-37H2,1-13H3,(H5-2,88,89,90,91,93,94,95,108,117,118,119,120,121,122)/p+2. The van der Waals surface area contributed by atoms with Crippen molar-refractivity contribution in [1.29, 1.82) is 0 Å². The Labute approximate surface area is 704 Å². The summed E-state index contributed by atoms with van der Waals surface area (Å²) in [5.41, 5.74) is 6.93. The van der Waals surface area contributed by atoms with Crippen LogP contribution in [0.4, 0.5) is 22.7 Å². The van der Waals surface area contributed by atoms with Crippen LogP contribution in [0.2, 0.25) is 0 Å². The molecule has 3 aliphatic rings. The summed E-state index contributed by atoms with van der Waals surface area (Å²) in [6.07, 6.45) is 21.6. The van der Waals surface area contributed by atoms with Crippen molar-refractivity contribution in [1.82, 2.24) is 66.9 Å². The van der Waals surface area contributed by atoms with E-state index in [0.717, 1.165) is 19.4 Å². The minimum absolute atomic E-state index is 0.00464. The third kappa shape index (κ3) is 22.3. The lowest BCUT2D eigenvalue weighted by molar-refractivity contribution is -0.933. The fraction of sp³-hybridized carbons (Fsp3) is 0.391. The first-order chi connectivity index (χ1) is 57.8.